The first-order valence-electron chi connectivity index (χ1n) is 6.32. The molecule has 0 aliphatic carbocycles. The van der Waals surface area contributed by atoms with E-state index in [1.807, 2.05) is 42.5 Å². The number of carbonyl (C=O) groups excluding carboxylic acids is 1. The number of para-hydroxylation sites is 2. The minimum atomic E-state index is -0.331. The summed E-state index contributed by atoms with van der Waals surface area (Å²) in [6, 6.07) is 14.6. The molecule has 0 radical (unpaired) electrons. The molecule has 0 atom stereocenters. The van der Waals surface area contributed by atoms with Gasteiger partial charge in [-0.25, -0.2) is 4.79 Å². The fraction of sp³-hybridized carbons (Fsp3) is 0.0625. The Morgan fingerprint density at radius 2 is 1.86 bits per heavy atom. The van der Waals surface area contributed by atoms with E-state index in [0.29, 0.717) is 11.4 Å². The highest BCUT2D eigenvalue weighted by atomic mass is 79.9. The molecule has 0 unspecified atom stereocenters. The summed E-state index contributed by atoms with van der Waals surface area (Å²) >= 11 is 3.44. The minimum absolute atomic E-state index is 0.331. The molecule has 0 aliphatic rings. The summed E-state index contributed by atoms with van der Waals surface area (Å²) in [4.78, 5) is 11.8. The lowest BCUT2D eigenvalue weighted by Crippen LogP contribution is -2.23. The lowest BCUT2D eigenvalue weighted by Gasteiger charge is -2.09. The summed E-state index contributed by atoms with van der Waals surface area (Å²) in [5.41, 5.74) is 1.60. The number of anilines is 1. The van der Waals surface area contributed by atoms with Crippen molar-refractivity contribution in [1.82, 2.24) is 5.32 Å². The van der Waals surface area contributed by atoms with Crippen LogP contribution in [-0.4, -0.2) is 13.1 Å². The fourth-order valence-electron chi connectivity index (χ4n) is 1.72. The number of benzene rings is 2. The van der Waals surface area contributed by atoms with Crippen LogP contribution < -0.4 is 15.4 Å². The maximum atomic E-state index is 11.8. The number of urea groups is 1. The number of hydrogen-bond acceptors (Lipinski definition) is 2. The van der Waals surface area contributed by atoms with E-state index in [2.05, 4.69) is 26.6 Å². The summed E-state index contributed by atoms with van der Waals surface area (Å²) in [5.74, 6) is 0.613. The van der Waals surface area contributed by atoms with Crippen LogP contribution in [0.5, 0.6) is 5.75 Å². The van der Waals surface area contributed by atoms with Crippen LogP contribution in [0.25, 0.3) is 6.08 Å². The summed E-state index contributed by atoms with van der Waals surface area (Å²) in [6.07, 6.45) is 3.40. The van der Waals surface area contributed by atoms with E-state index >= 15 is 0 Å². The van der Waals surface area contributed by atoms with Gasteiger partial charge in [0.15, 0.2) is 0 Å². The van der Waals surface area contributed by atoms with Gasteiger partial charge in [0.2, 0.25) is 0 Å². The third-order valence-corrected chi connectivity index (χ3v) is 3.46. The Morgan fingerprint density at radius 1 is 1.14 bits per heavy atom. The average molecular weight is 347 g/mol. The zero-order valence-corrected chi connectivity index (χ0v) is 13.1. The number of ether oxygens (including phenoxy) is 1. The topological polar surface area (TPSA) is 50.4 Å². The number of carbonyl (C=O) groups is 1. The van der Waals surface area contributed by atoms with Crippen LogP contribution in [0.3, 0.4) is 0 Å². The third kappa shape index (κ3) is 4.36. The molecule has 2 aromatic rings. The Balaban J connectivity index is 1.95. The second kappa shape index (κ2) is 7.50. The van der Waals surface area contributed by atoms with Gasteiger partial charge in [0, 0.05) is 10.7 Å². The van der Waals surface area contributed by atoms with Gasteiger partial charge in [0.1, 0.15) is 5.75 Å². The standard InChI is InChI=1S/C16H15BrN2O2/c1-21-15-9-5-4-8-14(15)19-16(20)18-11-10-12-6-2-3-7-13(12)17/h2-11H,1H3,(H2,18,19,20)/b11-10+. The lowest BCUT2D eigenvalue weighted by atomic mass is 10.2. The van der Waals surface area contributed by atoms with Crippen molar-refractivity contribution < 1.29 is 9.53 Å². The van der Waals surface area contributed by atoms with Crippen molar-refractivity contribution in [2.45, 2.75) is 0 Å². The summed E-state index contributed by atoms with van der Waals surface area (Å²) in [5, 5.41) is 5.38. The molecule has 0 spiro atoms. The average Bonchev–Trinajstić information content (AvgIpc) is 2.50. The van der Waals surface area contributed by atoms with Crippen molar-refractivity contribution in [2.24, 2.45) is 0 Å². The molecule has 0 saturated carbocycles. The van der Waals surface area contributed by atoms with Gasteiger partial charge in [-0.3, -0.25) is 0 Å². The van der Waals surface area contributed by atoms with Gasteiger partial charge in [0.05, 0.1) is 12.8 Å². The number of hydrogen-bond donors (Lipinski definition) is 2. The molecule has 0 bridgehead atoms. The first-order chi connectivity index (χ1) is 10.2. The van der Waals surface area contributed by atoms with Crippen molar-refractivity contribution in [3.8, 4) is 5.75 Å². The van der Waals surface area contributed by atoms with Gasteiger partial charge in [0.25, 0.3) is 0 Å². The van der Waals surface area contributed by atoms with Gasteiger partial charge >= 0.3 is 6.03 Å². The second-order valence-electron chi connectivity index (χ2n) is 4.15. The Kier molecular flexibility index (Phi) is 5.40. The molecule has 2 amide bonds. The first-order valence-corrected chi connectivity index (χ1v) is 7.11. The van der Waals surface area contributed by atoms with Crippen LogP contribution in [0, 0.1) is 0 Å². The SMILES string of the molecule is COc1ccccc1NC(=O)N/C=C/c1ccccc1Br. The van der Waals surface area contributed by atoms with Crippen LogP contribution in [0.2, 0.25) is 0 Å². The highest BCUT2D eigenvalue weighted by Gasteiger charge is 2.04. The molecular weight excluding hydrogens is 332 g/mol. The molecule has 108 valence electrons. The molecule has 2 rings (SSSR count). The minimum Gasteiger partial charge on any atom is -0.495 e. The molecule has 0 saturated heterocycles. The largest absolute Gasteiger partial charge is 0.495 e. The van der Waals surface area contributed by atoms with E-state index in [4.69, 9.17) is 4.74 Å². The third-order valence-electron chi connectivity index (χ3n) is 2.74. The van der Waals surface area contributed by atoms with Crippen LogP contribution in [0.4, 0.5) is 10.5 Å². The molecule has 2 N–H and O–H groups in total. The highest BCUT2D eigenvalue weighted by molar-refractivity contribution is 9.10. The summed E-state index contributed by atoms with van der Waals surface area (Å²) in [7, 11) is 1.56. The van der Waals surface area contributed by atoms with E-state index in [1.165, 1.54) is 0 Å². The number of methoxy groups -OCH3 is 1. The highest BCUT2D eigenvalue weighted by Crippen LogP contribution is 2.22. The van der Waals surface area contributed by atoms with Crippen molar-refractivity contribution >= 4 is 33.7 Å². The van der Waals surface area contributed by atoms with E-state index in [1.54, 1.807) is 25.4 Å². The van der Waals surface area contributed by atoms with Gasteiger partial charge < -0.3 is 15.4 Å². The molecule has 0 fully saturated rings. The molecule has 5 heteroatoms. The van der Waals surface area contributed by atoms with Gasteiger partial charge in [-0.2, -0.15) is 0 Å². The molecular formula is C16H15BrN2O2. The van der Waals surface area contributed by atoms with Gasteiger partial charge in [-0.1, -0.05) is 46.3 Å². The normalized spacial score (nSPS) is 10.4. The molecule has 0 aliphatic heterocycles. The predicted octanol–water partition coefficient (Wildman–Crippen LogP) is 4.25. The predicted molar refractivity (Wildman–Crippen MR) is 88.3 cm³/mol. The van der Waals surface area contributed by atoms with Crippen LogP contribution in [0.15, 0.2) is 59.2 Å². The van der Waals surface area contributed by atoms with Gasteiger partial charge in [-0.05, 0) is 29.8 Å². The number of rotatable bonds is 4. The van der Waals surface area contributed by atoms with Crippen molar-refractivity contribution in [2.75, 3.05) is 12.4 Å². The Morgan fingerprint density at radius 3 is 2.62 bits per heavy atom. The maximum absolute atomic E-state index is 11.8. The lowest BCUT2D eigenvalue weighted by molar-refractivity contribution is 0.255. The van der Waals surface area contributed by atoms with Crippen LogP contribution in [0.1, 0.15) is 5.56 Å². The molecule has 4 nitrogen and oxygen atoms in total. The van der Waals surface area contributed by atoms with Gasteiger partial charge in [-0.15, -0.1) is 0 Å². The fourth-order valence-corrected chi connectivity index (χ4v) is 2.14. The maximum Gasteiger partial charge on any atom is 0.323 e. The molecule has 21 heavy (non-hydrogen) atoms. The smallest absolute Gasteiger partial charge is 0.323 e. The zero-order chi connectivity index (χ0) is 15.1. The van der Waals surface area contributed by atoms with Crippen molar-refractivity contribution in [3.05, 3.63) is 64.8 Å². The van der Waals surface area contributed by atoms with E-state index in [0.717, 1.165) is 10.0 Å². The Labute approximate surface area is 132 Å². The zero-order valence-electron chi connectivity index (χ0n) is 11.5. The van der Waals surface area contributed by atoms with E-state index in [-0.39, 0.29) is 6.03 Å². The monoisotopic (exact) mass is 346 g/mol. The Bertz CT molecular complexity index is 656. The quantitative estimate of drug-likeness (QED) is 0.869. The number of halogens is 1. The molecule has 0 heterocycles. The first kappa shape index (κ1) is 15.1. The van der Waals surface area contributed by atoms with Crippen LogP contribution in [-0.2, 0) is 0 Å². The van der Waals surface area contributed by atoms with E-state index < -0.39 is 0 Å². The van der Waals surface area contributed by atoms with E-state index in [9.17, 15) is 4.79 Å². The van der Waals surface area contributed by atoms with Crippen LogP contribution >= 0.6 is 15.9 Å². The molecule has 0 aromatic heterocycles. The number of nitrogens with one attached hydrogen (secondary N) is 2. The summed E-state index contributed by atoms with van der Waals surface area (Å²) < 4.78 is 6.13. The number of amides is 2. The van der Waals surface area contributed by atoms with Crippen molar-refractivity contribution in [1.29, 1.82) is 0 Å². The Hall–Kier alpha value is -2.27. The molecule has 2 aromatic carbocycles. The second-order valence-corrected chi connectivity index (χ2v) is 5.01. The van der Waals surface area contributed by atoms with Crippen molar-refractivity contribution in [3.63, 3.8) is 0 Å². The summed E-state index contributed by atoms with van der Waals surface area (Å²) in [6.45, 7) is 0.